The number of carboxylic acids is 1. The number of carbonyl (C=O) groups is 2. The lowest BCUT2D eigenvalue weighted by Gasteiger charge is -2.40. The molecule has 0 saturated heterocycles. The first-order valence-corrected chi connectivity index (χ1v) is 7.27. The molecule has 21 heavy (non-hydrogen) atoms. The number of aromatic amines is 1. The molecule has 0 atom stereocenters. The van der Waals surface area contributed by atoms with Gasteiger partial charge in [-0.3, -0.25) is 0 Å². The van der Waals surface area contributed by atoms with Crippen LogP contribution >= 0.6 is 0 Å². The van der Waals surface area contributed by atoms with Crippen LogP contribution in [0, 0.1) is 5.41 Å². The van der Waals surface area contributed by atoms with Gasteiger partial charge in [-0.25, -0.2) is 14.6 Å². The van der Waals surface area contributed by atoms with Gasteiger partial charge < -0.3 is 20.7 Å². The van der Waals surface area contributed by atoms with Crippen molar-refractivity contribution in [2.45, 2.75) is 44.6 Å². The van der Waals surface area contributed by atoms with Crippen LogP contribution in [0.25, 0.3) is 0 Å². The number of nitrogens with one attached hydrogen (secondary N) is 3. The van der Waals surface area contributed by atoms with Gasteiger partial charge in [0.25, 0.3) is 0 Å². The van der Waals surface area contributed by atoms with Gasteiger partial charge in [0.1, 0.15) is 11.5 Å². The third kappa shape index (κ3) is 2.72. The Morgan fingerprint density at radius 2 is 2.10 bits per heavy atom. The maximum absolute atomic E-state index is 12.1. The van der Waals surface area contributed by atoms with Gasteiger partial charge in [-0.2, -0.15) is 0 Å². The summed E-state index contributed by atoms with van der Waals surface area (Å²) >= 11 is 0. The van der Waals surface area contributed by atoms with Crippen LogP contribution < -0.4 is 10.6 Å². The lowest BCUT2D eigenvalue weighted by atomic mass is 9.76. The first-order valence-electron chi connectivity index (χ1n) is 7.27. The van der Waals surface area contributed by atoms with Crippen molar-refractivity contribution in [3.63, 3.8) is 0 Å². The first-order chi connectivity index (χ1) is 9.92. The number of amides is 2. The molecule has 2 aliphatic rings. The zero-order valence-corrected chi connectivity index (χ0v) is 12.0. The van der Waals surface area contributed by atoms with Gasteiger partial charge in [-0.1, -0.05) is 6.92 Å². The van der Waals surface area contributed by atoms with Crippen LogP contribution in [0.4, 0.5) is 4.79 Å². The zero-order chi connectivity index (χ0) is 15.1. The Kier molecular flexibility index (Phi) is 3.15. The van der Waals surface area contributed by atoms with E-state index in [4.69, 9.17) is 5.11 Å². The zero-order valence-electron chi connectivity index (χ0n) is 12.0. The van der Waals surface area contributed by atoms with E-state index in [2.05, 4.69) is 27.5 Å². The van der Waals surface area contributed by atoms with Crippen LogP contribution in [0.2, 0.25) is 0 Å². The monoisotopic (exact) mass is 292 g/mol. The molecule has 1 aromatic heterocycles. The maximum Gasteiger partial charge on any atom is 0.353 e. The molecule has 1 aromatic rings. The van der Waals surface area contributed by atoms with Gasteiger partial charge in [0.05, 0.1) is 11.7 Å². The molecular weight excluding hydrogens is 272 g/mol. The average molecular weight is 292 g/mol. The Hall–Kier alpha value is -2.05. The van der Waals surface area contributed by atoms with Crippen LogP contribution in [0.3, 0.4) is 0 Å². The molecule has 7 heteroatoms. The van der Waals surface area contributed by atoms with Gasteiger partial charge >= 0.3 is 12.0 Å². The molecule has 7 nitrogen and oxygen atoms in total. The summed E-state index contributed by atoms with van der Waals surface area (Å²) in [6, 6.07) is -0.212. The minimum atomic E-state index is -1.05. The summed E-state index contributed by atoms with van der Waals surface area (Å²) in [5.41, 5.74) is -0.253. The number of hydrogen-bond acceptors (Lipinski definition) is 3. The van der Waals surface area contributed by atoms with Crippen molar-refractivity contribution >= 4 is 12.0 Å². The summed E-state index contributed by atoms with van der Waals surface area (Å²) in [7, 11) is 0. The number of H-pyrrole nitrogens is 1. The first kappa shape index (κ1) is 13.9. The second kappa shape index (κ2) is 4.75. The molecule has 2 saturated carbocycles. The number of urea groups is 1. The minimum absolute atomic E-state index is 0.0453. The Balaban J connectivity index is 1.65. The summed E-state index contributed by atoms with van der Waals surface area (Å²) in [5.74, 6) is -0.520. The standard InChI is InChI=1S/C14H20N4O3/c1-13(5-6-13)8-16-12(21)18-14(3-2-4-14)11-15-7-9(17-11)10(19)20/h7H,2-6,8H2,1H3,(H,15,17)(H,19,20)(H2,16,18,21). The van der Waals surface area contributed by atoms with Gasteiger partial charge in [0.15, 0.2) is 0 Å². The van der Waals surface area contributed by atoms with E-state index in [9.17, 15) is 9.59 Å². The van der Waals surface area contributed by atoms with E-state index in [-0.39, 0.29) is 17.1 Å². The van der Waals surface area contributed by atoms with E-state index < -0.39 is 11.5 Å². The topological polar surface area (TPSA) is 107 Å². The molecule has 0 unspecified atom stereocenters. The van der Waals surface area contributed by atoms with Gasteiger partial charge in [-0.05, 0) is 37.5 Å². The number of rotatable bonds is 5. The Morgan fingerprint density at radius 1 is 1.38 bits per heavy atom. The SMILES string of the molecule is CC1(CNC(=O)NC2(c3ncc(C(=O)O)[nH]3)CCC2)CC1. The summed E-state index contributed by atoms with van der Waals surface area (Å²) < 4.78 is 0. The molecule has 0 aromatic carbocycles. The van der Waals surface area contributed by atoms with E-state index in [1.54, 1.807) is 0 Å². The molecule has 0 spiro atoms. The van der Waals surface area contributed by atoms with E-state index in [1.807, 2.05) is 0 Å². The summed E-state index contributed by atoms with van der Waals surface area (Å²) in [6.45, 7) is 2.82. The third-order valence-corrected chi connectivity index (χ3v) is 4.60. The molecule has 0 radical (unpaired) electrons. The highest BCUT2D eigenvalue weighted by molar-refractivity contribution is 5.85. The van der Waals surface area contributed by atoms with Crippen molar-refractivity contribution in [2.75, 3.05) is 6.54 Å². The lowest BCUT2D eigenvalue weighted by Crippen LogP contribution is -2.55. The summed E-state index contributed by atoms with van der Waals surface area (Å²) in [5, 5.41) is 14.8. The predicted molar refractivity (Wildman–Crippen MR) is 75.0 cm³/mol. The van der Waals surface area contributed by atoms with Crippen molar-refractivity contribution in [3.05, 3.63) is 17.7 Å². The molecule has 4 N–H and O–H groups in total. The van der Waals surface area contributed by atoms with Crippen LogP contribution in [0.15, 0.2) is 6.20 Å². The van der Waals surface area contributed by atoms with Crippen molar-refractivity contribution in [1.29, 1.82) is 0 Å². The van der Waals surface area contributed by atoms with Crippen molar-refractivity contribution in [3.8, 4) is 0 Å². The number of aromatic carboxylic acids is 1. The molecule has 2 amide bonds. The number of imidazole rings is 1. The fourth-order valence-corrected chi connectivity index (χ4v) is 2.57. The molecule has 0 bridgehead atoms. The number of hydrogen-bond donors (Lipinski definition) is 4. The van der Waals surface area contributed by atoms with Crippen LogP contribution in [0.1, 0.15) is 55.3 Å². The fourth-order valence-electron chi connectivity index (χ4n) is 2.57. The van der Waals surface area contributed by atoms with Gasteiger partial charge in [0.2, 0.25) is 0 Å². The molecular formula is C14H20N4O3. The van der Waals surface area contributed by atoms with Crippen molar-refractivity contribution in [1.82, 2.24) is 20.6 Å². The van der Waals surface area contributed by atoms with E-state index in [1.165, 1.54) is 6.20 Å². The molecule has 0 aliphatic heterocycles. The lowest BCUT2D eigenvalue weighted by molar-refractivity contribution is 0.0690. The number of carbonyl (C=O) groups excluding carboxylic acids is 1. The van der Waals surface area contributed by atoms with Crippen LogP contribution in [-0.2, 0) is 5.54 Å². The molecule has 114 valence electrons. The smallest absolute Gasteiger partial charge is 0.353 e. The Morgan fingerprint density at radius 3 is 2.57 bits per heavy atom. The quantitative estimate of drug-likeness (QED) is 0.661. The van der Waals surface area contributed by atoms with Crippen LogP contribution in [0.5, 0.6) is 0 Å². The molecule has 2 fully saturated rings. The second-order valence-corrected chi connectivity index (χ2v) is 6.50. The highest BCUT2D eigenvalue weighted by atomic mass is 16.4. The summed E-state index contributed by atoms with van der Waals surface area (Å²) in [4.78, 5) is 29.9. The molecule has 1 heterocycles. The average Bonchev–Trinajstić information content (AvgIpc) is 2.93. The summed E-state index contributed by atoms with van der Waals surface area (Å²) in [6.07, 6.45) is 6.12. The number of carboxylic acid groups (broad SMARTS) is 1. The van der Waals surface area contributed by atoms with Gasteiger partial charge in [-0.15, -0.1) is 0 Å². The predicted octanol–water partition coefficient (Wildman–Crippen LogP) is 1.59. The molecule has 3 rings (SSSR count). The van der Waals surface area contributed by atoms with E-state index >= 15 is 0 Å². The Labute approximate surface area is 122 Å². The van der Waals surface area contributed by atoms with Crippen molar-refractivity contribution < 1.29 is 14.7 Å². The second-order valence-electron chi connectivity index (χ2n) is 6.50. The maximum atomic E-state index is 12.1. The van der Waals surface area contributed by atoms with Crippen molar-refractivity contribution in [2.24, 2.45) is 5.41 Å². The van der Waals surface area contributed by atoms with E-state index in [0.717, 1.165) is 32.1 Å². The van der Waals surface area contributed by atoms with E-state index in [0.29, 0.717) is 12.4 Å². The number of nitrogens with zero attached hydrogens (tertiary/aromatic N) is 1. The third-order valence-electron chi connectivity index (χ3n) is 4.60. The minimum Gasteiger partial charge on any atom is -0.477 e. The molecule has 2 aliphatic carbocycles. The Bertz CT molecular complexity index is 573. The normalized spacial score (nSPS) is 21.2. The fraction of sp³-hybridized carbons (Fsp3) is 0.643. The number of aromatic nitrogens is 2. The largest absolute Gasteiger partial charge is 0.477 e. The highest BCUT2D eigenvalue weighted by Gasteiger charge is 2.43. The van der Waals surface area contributed by atoms with Crippen LogP contribution in [-0.4, -0.2) is 33.6 Å². The van der Waals surface area contributed by atoms with Gasteiger partial charge in [0, 0.05) is 6.54 Å². The highest BCUT2D eigenvalue weighted by Crippen LogP contribution is 2.44.